The zero-order valence-corrected chi connectivity index (χ0v) is 6.08. The molecule has 1 rings (SSSR count). The molecule has 0 saturated heterocycles. The fourth-order valence-electron chi connectivity index (χ4n) is 0.709. The summed E-state index contributed by atoms with van der Waals surface area (Å²) in [5.74, 6) is 0. The predicted molar refractivity (Wildman–Crippen MR) is 39.6 cm³/mol. The molecule has 0 N–H and O–H groups in total. The Bertz CT molecular complexity index is 189. The number of aromatic nitrogens is 1. The Morgan fingerprint density at radius 1 is 1.60 bits per heavy atom. The van der Waals surface area contributed by atoms with Gasteiger partial charge < -0.3 is 4.42 Å². The second-order valence-corrected chi connectivity index (χ2v) is 2.06. The number of allylic oxidation sites excluding steroid dienone is 2. The number of rotatable bonds is 3. The molecule has 10 heavy (non-hydrogen) atoms. The summed E-state index contributed by atoms with van der Waals surface area (Å²) in [6.07, 6.45) is 9.30. The Kier molecular flexibility index (Phi) is 2.74. The molecule has 2 heteroatoms. The van der Waals surface area contributed by atoms with Gasteiger partial charge in [-0.2, -0.15) is 0 Å². The Balaban J connectivity index is 2.34. The fourth-order valence-corrected chi connectivity index (χ4v) is 0.709. The summed E-state index contributed by atoms with van der Waals surface area (Å²) in [4.78, 5) is 3.97. The van der Waals surface area contributed by atoms with Crippen LogP contribution in [-0.4, -0.2) is 4.98 Å². The molecule has 0 aromatic carbocycles. The Morgan fingerprint density at radius 3 is 3.10 bits per heavy atom. The summed E-state index contributed by atoms with van der Waals surface area (Å²) in [7, 11) is 0. The van der Waals surface area contributed by atoms with E-state index < -0.39 is 0 Å². The van der Waals surface area contributed by atoms with Crippen LogP contribution in [0, 0.1) is 0 Å². The summed E-state index contributed by atoms with van der Waals surface area (Å²) < 4.78 is 4.80. The minimum Gasteiger partial charge on any atom is -0.451 e. The first-order valence-corrected chi connectivity index (χ1v) is 3.45. The molecular formula is C8H11NO. The van der Waals surface area contributed by atoms with E-state index in [0.29, 0.717) is 0 Å². The van der Waals surface area contributed by atoms with Gasteiger partial charge in [0.2, 0.25) is 0 Å². The van der Waals surface area contributed by atoms with Crippen molar-refractivity contribution in [2.45, 2.75) is 19.8 Å². The summed E-state index contributed by atoms with van der Waals surface area (Å²) in [6.45, 7) is 2.11. The molecule has 0 aliphatic heterocycles. The highest BCUT2D eigenvalue weighted by atomic mass is 16.3. The van der Waals surface area contributed by atoms with Crippen molar-refractivity contribution in [1.82, 2.24) is 4.98 Å². The Morgan fingerprint density at radius 2 is 2.50 bits per heavy atom. The highest BCUT2D eigenvalue weighted by molar-refractivity contribution is 4.99. The molecule has 0 unspecified atom stereocenters. The molecule has 0 aliphatic carbocycles. The molecule has 0 aliphatic rings. The summed E-state index contributed by atoms with van der Waals surface area (Å²) >= 11 is 0. The van der Waals surface area contributed by atoms with Gasteiger partial charge in [0.25, 0.3) is 0 Å². The predicted octanol–water partition coefficient (Wildman–Crippen LogP) is 2.18. The first kappa shape index (κ1) is 7.06. The average molecular weight is 137 g/mol. The van der Waals surface area contributed by atoms with Crippen molar-refractivity contribution in [2.75, 3.05) is 0 Å². The lowest BCUT2D eigenvalue weighted by molar-refractivity contribution is 0.556. The summed E-state index contributed by atoms with van der Waals surface area (Å²) in [5.41, 5.74) is 0.990. The Hall–Kier alpha value is -1.05. The van der Waals surface area contributed by atoms with Gasteiger partial charge in [0, 0.05) is 6.42 Å². The lowest BCUT2D eigenvalue weighted by Crippen LogP contribution is -1.77. The van der Waals surface area contributed by atoms with Gasteiger partial charge in [0.15, 0.2) is 6.39 Å². The highest BCUT2D eigenvalue weighted by Crippen LogP contribution is 1.96. The van der Waals surface area contributed by atoms with Crippen LogP contribution in [0.4, 0.5) is 0 Å². The monoisotopic (exact) mass is 137 g/mol. The van der Waals surface area contributed by atoms with Crippen LogP contribution in [0.1, 0.15) is 19.0 Å². The molecule has 0 saturated carbocycles. The van der Waals surface area contributed by atoms with E-state index in [-0.39, 0.29) is 0 Å². The van der Waals surface area contributed by atoms with Crippen LogP contribution in [0.5, 0.6) is 0 Å². The molecule has 1 aromatic rings. The van der Waals surface area contributed by atoms with Crippen molar-refractivity contribution in [3.8, 4) is 0 Å². The quantitative estimate of drug-likeness (QED) is 0.597. The first-order chi connectivity index (χ1) is 4.93. The summed E-state index contributed by atoms with van der Waals surface area (Å²) in [6, 6.07) is 0. The molecular weight excluding hydrogens is 126 g/mol. The van der Waals surface area contributed by atoms with Crippen LogP contribution < -0.4 is 0 Å². The van der Waals surface area contributed by atoms with Crippen LogP contribution in [0.25, 0.3) is 0 Å². The lowest BCUT2D eigenvalue weighted by atomic mass is 10.3. The van der Waals surface area contributed by atoms with E-state index >= 15 is 0 Å². The second kappa shape index (κ2) is 3.88. The second-order valence-electron chi connectivity index (χ2n) is 2.06. The number of hydrogen-bond donors (Lipinski definition) is 0. The van der Waals surface area contributed by atoms with Crippen molar-refractivity contribution in [1.29, 1.82) is 0 Å². The van der Waals surface area contributed by atoms with E-state index in [2.05, 4.69) is 24.1 Å². The minimum atomic E-state index is 0.879. The van der Waals surface area contributed by atoms with E-state index in [4.69, 9.17) is 4.42 Å². The highest BCUT2D eigenvalue weighted by Gasteiger charge is 1.88. The molecule has 1 heterocycles. The molecule has 0 atom stereocenters. The zero-order chi connectivity index (χ0) is 7.23. The van der Waals surface area contributed by atoms with E-state index in [1.807, 2.05) is 0 Å². The minimum absolute atomic E-state index is 0.879. The van der Waals surface area contributed by atoms with Crippen LogP contribution in [0.2, 0.25) is 0 Å². The van der Waals surface area contributed by atoms with Gasteiger partial charge in [0.1, 0.15) is 6.26 Å². The molecule has 0 amide bonds. The van der Waals surface area contributed by atoms with E-state index in [1.54, 1.807) is 6.26 Å². The maximum absolute atomic E-state index is 4.80. The lowest BCUT2D eigenvalue weighted by Gasteiger charge is -1.82. The van der Waals surface area contributed by atoms with Gasteiger partial charge in [-0.1, -0.05) is 19.1 Å². The van der Waals surface area contributed by atoms with Crippen LogP contribution >= 0.6 is 0 Å². The molecule has 54 valence electrons. The first-order valence-electron chi connectivity index (χ1n) is 3.45. The third-order valence-corrected chi connectivity index (χ3v) is 1.21. The van der Waals surface area contributed by atoms with Gasteiger partial charge >= 0.3 is 0 Å². The third-order valence-electron chi connectivity index (χ3n) is 1.21. The molecule has 2 nitrogen and oxygen atoms in total. The maximum atomic E-state index is 4.80. The maximum Gasteiger partial charge on any atom is 0.180 e. The van der Waals surface area contributed by atoms with Gasteiger partial charge in [0.05, 0.1) is 5.69 Å². The number of hydrogen-bond acceptors (Lipinski definition) is 2. The van der Waals surface area contributed by atoms with Gasteiger partial charge in [-0.05, 0) is 6.42 Å². The SMILES string of the molecule is CCC=CCc1cocn1. The molecule has 0 spiro atoms. The zero-order valence-electron chi connectivity index (χ0n) is 6.08. The van der Waals surface area contributed by atoms with Crippen molar-refractivity contribution in [3.05, 3.63) is 30.5 Å². The summed E-state index contributed by atoms with van der Waals surface area (Å²) in [5, 5.41) is 0. The largest absolute Gasteiger partial charge is 0.451 e. The number of oxazole rings is 1. The third kappa shape index (κ3) is 2.05. The van der Waals surface area contributed by atoms with Crippen LogP contribution in [0.15, 0.2) is 29.2 Å². The Labute approximate surface area is 60.6 Å². The van der Waals surface area contributed by atoms with Gasteiger partial charge in [-0.15, -0.1) is 0 Å². The van der Waals surface area contributed by atoms with Crippen LogP contribution in [0.3, 0.4) is 0 Å². The van der Waals surface area contributed by atoms with Crippen LogP contribution in [-0.2, 0) is 6.42 Å². The smallest absolute Gasteiger partial charge is 0.180 e. The standard InChI is InChI=1S/C8H11NO/c1-2-3-4-5-8-6-10-7-9-8/h3-4,6-7H,2,5H2,1H3. The fraction of sp³-hybridized carbons (Fsp3) is 0.375. The van der Waals surface area contributed by atoms with Crippen molar-refractivity contribution in [2.24, 2.45) is 0 Å². The van der Waals surface area contributed by atoms with E-state index in [9.17, 15) is 0 Å². The topological polar surface area (TPSA) is 26.0 Å². The van der Waals surface area contributed by atoms with E-state index in [1.165, 1.54) is 6.39 Å². The van der Waals surface area contributed by atoms with Crippen molar-refractivity contribution < 1.29 is 4.42 Å². The molecule has 1 aromatic heterocycles. The van der Waals surface area contributed by atoms with Gasteiger partial charge in [-0.3, -0.25) is 0 Å². The molecule has 0 bridgehead atoms. The average Bonchev–Trinajstić information content (AvgIpc) is 2.41. The molecule has 0 radical (unpaired) electrons. The van der Waals surface area contributed by atoms with Gasteiger partial charge in [-0.25, -0.2) is 4.98 Å². The molecule has 0 fully saturated rings. The normalized spacial score (nSPS) is 10.9. The number of nitrogens with zero attached hydrogens (tertiary/aromatic N) is 1. The van der Waals surface area contributed by atoms with E-state index in [0.717, 1.165) is 18.5 Å². The van der Waals surface area contributed by atoms with Crippen molar-refractivity contribution in [3.63, 3.8) is 0 Å². The van der Waals surface area contributed by atoms with Crippen molar-refractivity contribution >= 4 is 0 Å².